The minimum absolute atomic E-state index is 0.0593. The molecule has 0 atom stereocenters. The fourth-order valence-corrected chi connectivity index (χ4v) is 4.54. The van der Waals surface area contributed by atoms with E-state index in [9.17, 15) is 14.4 Å². The number of carbonyl (C=O) groups excluding carboxylic acids is 3. The number of aryl methyl sites for hydroxylation is 2. The molecule has 1 aliphatic rings. The number of hydrogen-bond acceptors (Lipinski definition) is 6. The van der Waals surface area contributed by atoms with Crippen LogP contribution >= 0.6 is 27.5 Å². The number of esters is 1. The highest BCUT2D eigenvalue weighted by atomic mass is 79.9. The van der Waals surface area contributed by atoms with Crippen LogP contribution in [0.2, 0.25) is 0 Å². The van der Waals surface area contributed by atoms with Gasteiger partial charge in [-0.2, -0.15) is 0 Å². The molecule has 0 bridgehead atoms. The maximum absolute atomic E-state index is 13.0. The number of rotatable bonds is 6. The first-order valence-corrected chi connectivity index (χ1v) is 11.7. The maximum Gasteiger partial charge on any atom is 0.343 e. The van der Waals surface area contributed by atoms with E-state index in [0.717, 1.165) is 20.5 Å². The Morgan fingerprint density at radius 2 is 1.63 bits per heavy atom. The average Bonchev–Trinajstić information content (AvgIpc) is 3.04. The smallest absolute Gasteiger partial charge is 0.343 e. The summed E-state index contributed by atoms with van der Waals surface area (Å²) in [5.41, 5.74) is 2.73. The summed E-state index contributed by atoms with van der Waals surface area (Å²) in [5.74, 6) is -0.758. The second-order valence-corrected chi connectivity index (χ2v) is 9.09. The van der Waals surface area contributed by atoms with Crippen molar-refractivity contribution in [2.24, 2.45) is 0 Å². The van der Waals surface area contributed by atoms with Crippen LogP contribution in [-0.2, 0) is 9.59 Å². The lowest BCUT2D eigenvalue weighted by atomic mass is 10.1. The quantitative estimate of drug-likeness (QED) is 0.238. The van der Waals surface area contributed by atoms with Crippen molar-refractivity contribution >= 4 is 56.7 Å². The Kier molecular flexibility index (Phi) is 6.95. The van der Waals surface area contributed by atoms with Crippen LogP contribution in [0.3, 0.4) is 0 Å². The van der Waals surface area contributed by atoms with E-state index >= 15 is 0 Å². The van der Waals surface area contributed by atoms with Gasteiger partial charge in [-0.3, -0.25) is 9.59 Å². The Morgan fingerprint density at radius 1 is 0.971 bits per heavy atom. The first-order chi connectivity index (χ1) is 16.7. The van der Waals surface area contributed by atoms with E-state index in [0.29, 0.717) is 28.4 Å². The number of nitrogens with one attached hydrogen (secondary N) is 1. The molecule has 35 heavy (non-hydrogen) atoms. The predicted octanol–water partition coefficient (Wildman–Crippen LogP) is 5.73. The molecule has 0 radical (unpaired) electrons. The van der Waals surface area contributed by atoms with Crippen molar-refractivity contribution in [2.45, 2.75) is 13.8 Å². The van der Waals surface area contributed by atoms with Gasteiger partial charge in [0.1, 0.15) is 22.2 Å². The van der Waals surface area contributed by atoms with E-state index in [1.807, 2.05) is 26.0 Å². The zero-order chi connectivity index (χ0) is 25.3. The van der Waals surface area contributed by atoms with Crippen LogP contribution in [0.1, 0.15) is 21.5 Å². The first-order valence-electron chi connectivity index (χ1n) is 10.5. The molecule has 1 aliphatic heterocycles. The maximum atomic E-state index is 13.0. The molecule has 9 heteroatoms. The van der Waals surface area contributed by atoms with E-state index in [1.54, 1.807) is 48.5 Å². The predicted molar refractivity (Wildman–Crippen MR) is 137 cm³/mol. The molecule has 0 spiro atoms. The standard InChI is InChI=1S/C26H20BrClN2O5/c1-14-11-17(27)12-15(2)23(14)35-26(33)16-7-9-18(10-8-16)29-22-21(28)24(31)30(25(22)32)19-5-4-6-20(13-19)34-3/h4-13,29H,1-3H3. The highest BCUT2D eigenvalue weighted by Crippen LogP contribution is 2.32. The Morgan fingerprint density at radius 3 is 2.26 bits per heavy atom. The summed E-state index contributed by atoms with van der Waals surface area (Å²) in [7, 11) is 1.49. The molecule has 1 N–H and O–H groups in total. The summed E-state index contributed by atoms with van der Waals surface area (Å²) >= 11 is 9.62. The van der Waals surface area contributed by atoms with Crippen LogP contribution in [-0.4, -0.2) is 24.9 Å². The van der Waals surface area contributed by atoms with Gasteiger partial charge < -0.3 is 14.8 Å². The van der Waals surface area contributed by atoms with Gasteiger partial charge >= 0.3 is 5.97 Å². The highest BCUT2D eigenvalue weighted by Gasteiger charge is 2.39. The molecule has 0 aromatic heterocycles. The molecule has 0 unspecified atom stereocenters. The van der Waals surface area contributed by atoms with Crippen LogP contribution in [0, 0.1) is 13.8 Å². The third kappa shape index (κ3) is 4.94. The number of imide groups is 1. The normalized spacial score (nSPS) is 13.3. The lowest BCUT2D eigenvalue weighted by molar-refractivity contribution is -0.120. The summed E-state index contributed by atoms with van der Waals surface area (Å²) in [4.78, 5) is 39.3. The van der Waals surface area contributed by atoms with Crippen LogP contribution < -0.4 is 19.7 Å². The number of hydrogen-bond donors (Lipinski definition) is 1. The van der Waals surface area contributed by atoms with Crippen molar-refractivity contribution in [3.63, 3.8) is 0 Å². The van der Waals surface area contributed by atoms with Crippen molar-refractivity contribution in [1.82, 2.24) is 0 Å². The SMILES string of the molecule is COc1cccc(N2C(=O)C(Cl)=C(Nc3ccc(C(=O)Oc4c(C)cc(Br)cc4C)cc3)C2=O)c1. The molecule has 2 amide bonds. The largest absolute Gasteiger partial charge is 0.497 e. The summed E-state index contributed by atoms with van der Waals surface area (Å²) in [6.07, 6.45) is 0. The molecule has 0 saturated heterocycles. The third-order valence-electron chi connectivity index (χ3n) is 5.35. The van der Waals surface area contributed by atoms with Gasteiger partial charge in [0.2, 0.25) is 0 Å². The summed E-state index contributed by atoms with van der Waals surface area (Å²) in [6.45, 7) is 3.72. The molecular formula is C26H20BrClN2O5. The number of anilines is 2. The molecular weight excluding hydrogens is 536 g/mol. The number of ether oxygens (including phenoxy) is 2. The van der Waals surface area contributed by atoms with Crippen LogP contribution in [0.5, 0.6) is 11.5 Å². The lowest BCUT2D eigenvalue weighted by Gasteiger charge is -2.16. The van der Waals surface area contributed by atoms with Crippen LogP contribution in [0.4, 0.5) is 11.4 Å². The molecule has 1 heterocycles. The molecule has 0 aliphatic carbocycles. The average molecular weight is 556 g/mol. The van der Waals surface area contributed by atoms with Crippen molar-refractivity contribution in [3.05, 3.63) is 92.6 Å². The van der Waals surface area contributed by atoms with Gasteiger partial charge in [-0.1, -0.05) is 33.6 Å². The Labute approximate surface area is 215 Å². The highest BCUT2D eigenvalue weighted by molar-refractivity contribution is 9.10. The number of nitrogens with zero attached hydrogens (tertiary/aromatic N) is 1. The van der Waals surface area contributed by atoms with Gasteiger partial charge in [0.15, 0.2) is 0 Å². The van der Waals surface area contributed by atoms with Gasteiger partial charge in [-0.25, -0.2) is 9.69 Å². The van der Waals surface area contributed by atoms with Gasteiger partial charge in [-0.15, -0.1) is 0 Å². The molecule has 0 saturated carbocycles. The second kappa shape index (κ2) is 9.93. The first kappa shape index (κ1) is 24.5. The lowest BCUT2D eigenvalue weighted by Crippen LogP contribution is -2.32. The minimum atomic E-state index is -0.646. The summed E-state index contributed by atoms with van der Waals surface area (Å²) in [6, 6.07) is 16.6. The van der Waals surface area contributed by atoms with Crippen molar-refractivity contribution in [1.29, 1.82) is 0 Å². The zero-order valence-corrected chi connectivity index (χ0v) is 21.4. The number of methoxy groups -OCH3 is 1. The molecule has 4 rings (SSSR count). The van der Waals surface area contributed by atoms with Crippen molar-refractivity contribution < 1.29 is 23.9 Å². The second-order valence-electron chi connectivity index (χ2n) is 7.80. The minimum Gasteiger partial charge on any atom is -0.497 e. The Balaban J connectivity index is 1.50. The number of amides is 2. The summed E-state index contributed by atoms with van der Waals surface area (Å²) < 4.78 is 11.7. The van der Waals surface area contributed by atoms with E-state index in [4.69, 9.17) is 21.1 Å². The van der Waals surface area contributed by atoms with E-state index in [2.05, 4.69) is 21.2 Å². The van der Waals surface area contributed by atoms with Gasteiger partial charge in [-0.05, 0) is 73.5 Å². The van der Waals surface area contributed by atoms with Gasteiger partial charge in [0, 0.05) is 16.2 Å². The Hall–Kier alpha value is -3.62. The molecule has 178 valence electrons. The molecule has 3 aromatic carbocycles. The van der Waals surface area contributed by atoms with Crippen molar-refractivity contribution in [3.8, 4) is 11.5 Å². The van der Waals surface area contributed by atoms with Crippen LogP contribution in [0.25, 0.3) is 0 Å². The zero-order valence-electron chi connectivity index (χ0n) is 19.0. The molecule has 7 nitrogen and oxygen atoms in total. The van der Waals surface area contributed by atoms with Gasteiger partial charge in [0.25, 0.3) is 11.8 Å². The number of carbonyl (C=O) groups is 3. The van der Waals surface area contributed by atoms with E-state index < -0.39 is 17.8 Å². The van der Waals surface area contributed by atoms with Gasteiger partial charge in [0.05, 0.1) is 18.4 Å². The fraction of sp³-hybridized carbons (Fsp3) is 0.115. The van der Waals surface area contributed by atoms with E-state index in [1.165, 1.54) is 7.11 Å². The topological polar surface area (TPSA) is 84.9 Å². The number of halogens is 2. The fourth-order valence-electron chi connectivity index (χ4n) is 3.64. The molecule has 3 aromatic rings. The third-order valence-corrected chi connectivity index (χ3v) is 6.16. The number of benzene rings is 3. The monoisotopic (exact) mass is 554 g/mol. The van der Waals surface area contributed by atoms with E-state index in [-0.39, 0.29) is 10.7 Å². The molecule has 0 fully saturated rings. The van der Waals surface area contributed by atoms with Crippen LogP contribution in [0.15, 0.2) is 75.9 Å². The summed E-state index contributed by atoms with van der Waals surface area (Å²) in [5, 5.41) is 2.65. The Bertz CT molecular complexity index is 1360. The van der Waals surface area contributed by atoms with Crippen molar-refractivity contribution in [2.75, 3.05) is 17.3 Å².